The summed E-state index contributed by atoms with van der Waals surface area (Å²) in [4.78, 5) is 15.3. The predicted octanol–water partition coefficient (Wildman–Crippen LogP) is 3.13. The van der Waals surface area contributed by atoms with Crippen LogP contribution >= 0.6 is 0 Å². The summed E-state index contributed by atoms with van der Waals surface area (Å²) >= 11 is 0. The second kappa shape index (κ2) is 7.53. The summed E-state index contributed by atoms with van der Waals surface area (Å²) < 4.78 is 51.9. The van der Waals surface area contributed by atoms with Crippen molar-refractivity contribution < 1.29 is 17.6 Å². The lowest BCUT2D eigenvalue weighted by Gasteiger charge is -2.37. The largest absolute Gasteiger partial charge is 0.433 e. The summed E-state index contributed by atoms with van der Waals surface area (Å²) in [5, 5.41) is 0. The first-order chi connectivity index (χ1) is 12.3. The lowest BCUT2D eigenvalue weighted by molar-refractivity contribution is -0.141. The van der Waals surface area contributed by atoms with Crippen molar-refractivity contribution in [2.75, 3.05) is 25.0 Å². The van der Waals surface area contributed by atoms with Crippen LogP contribution in [0.3, 0.4) is 0 Å². The summed E-state index contributed by atoms with van der Waals surface area (Å²) in [7, 11) is 1.70. The average molecular weight is 369 g/mol. The van der Waals surface area contributed by atoms with Gasteiger partial charge in [0.1, 0.15) is 11.5 Å². The molecule has 1 fully saturated rings. The van der Waals surface area contributed by atoms with E-state index in [1.807, 2.05) is 0 Å². The lowest BCUT2D eigenvalue weighted by Crippen LogP contribution is -2.46. The van der Waals surface area contributed by atoms with Gasteiger partial charge in [0, 0.05) is 38.6 Å². The Morgan fingerprint density at radius 3 is 2.85 bits per heavy atom. The van der Waals surface area contributed by atoms with Crippen molar-refractivity contribution in [2.45, 2.75) is 31.6 Å². The zero-order valence-corrected chi connectivity index (χ0v) is 14.2. The van der Waals surface area contributed by atoms with E-state index in [9.17, 15) is 17.6 Å². The van der Waals surface area contributed by atoms with Gasteiger partial charge in [0.05, 0.1) is 6.20 Å². The summed E-state index contributed by atoms with van der Waals surface area (Å²) in [6, 6.07) is 2.28. The van der Waals surface area contributed by atoms with Crippen molar-refractivity contribution in [3.8, 4) is 0 Å². The van der Waals surface area contributed by atoms with Crippen LogP contribution in [-0.4, -0.2) is 46.0 Å². The highest BCUT2D eigenvalue weighted by atomic mass is 19.4. The molecule has 3 rings (SSSR count). The zero-order chi connectivity index (χ0) is 18.7. The van der Waals surface area contributed by atoms with Gasteiger partial charge in [-0.3, -0.25) is 9.88 Å². The predicted molar refractivity (Wildman–Crippen MR) is 87.9 cm³/mol. The summed E-state index contributed by atoms with van der Waals surface area (Å²) in [5.74, 6) is -0.329. The van der Waals surface area contributed by atoms with Gasteiger partial charge in [0.25, 0.3) is 0 Å². The molecule has 0 N–H and O–H groups in total. The minimum Gasteiger partial charge on any atom is -0.340 e. The van der Waals surface area contributed by atoms with E-state index >= 15 is 0 Å². The molecule has 5 nitrogen and oxygen atoms in total. The van der Waals surface area contributed by atoms with Crippen molar-refractivity contribution in [3.05, 3.63) is 47.8 Å². The SMILES string of the molecule is CN(c1nccc(C(F)(F)F)n1)C1CCCN(Cc2cncc(F)c2)C1. The lowest BCUT2D eigenvalue weighted by atomic mass is 10.0. The van der Waals surface area contributed by atoms with Gasteiger partial charge in [0.2, 0.25) is 5.95 Å². The normalized spacial score (nSPS) is 18.7. The van der Waals surface area contributed by atoms with Crippen molar-refractivity contribution in [3.63, 3.8) is 0 Å². The van der Waals surface area contributed by atoms with Gasteiger partial charge in [-0.25, -0.2) is 14.4 Å². The van der Waals surface area contributed by atoms with E-state index in [-0.39, 0.29) is 17.8 Å². The summed E-state index contributed by atoms with van der Waals surface area (Å²) in [6.07, 6.45) is 1.11. The summed E-state index contributed by atoms with van der Waals surface area (Å²) in [6.45, 7) is 2.01. The second-order valence-electron chi connectivity index (χ2n) is 6.39. The first-order valence-electron chi connectivity index (χ1n) is 8.28. The number of halogens is 4. The fourth-order valence-electron chi connectivity index (χ4n) is 3.13. The Kier molecular flexibility index (Phi) is 5.36. The molecule has 140 valence electrons. The van der Waals surface area contributed by atoms with E-state index in [4.69, 9.17) is 0 Å². The highest BCUT2D eigenvalue weighted by Gasteiger charge is 2.34. The van der Waals surface area contributed by atoms with Crippen LogP contribution in [0, 0.1) is 5.82 Å². The monoisotopic (exact) mass is 369 g/mol. The van der Waals surface area contributed by atoms with Gasteiger partial charge in [-0.05, 0) is 37.1 Å². The minimum atomic E-state index is -4.50. The van der Waals surface area contributed by atoms with Crippen LogP contribution in [0.2, 0.25) is 0 Å². The molecule has 0 amide bonds. The molecule has 0 spiro atoms. The Morgan fingerprint density at radius 1 is 1.31 bits per heavy atom. The molecule has 1 saturated heterocycles. The second-order valence-corrected chi connectivity index (χ2v) is 6.39. The van der Waals surface area contributed by atoms with Gasteiger partial charge in [0.15, 0.2) is 0 Å². The molecule has 0 aliphatic carbocycles. The molecular weight excluding hydrogens is 350 g/mol. The Labute approximate surface area is 148 Å². The molecule has 0 saturated carbocycles. The van der Waals surface area contributed by atoms with E-state index in [0.29, 0.717) is 13.1 Å². The number of pyridine rings is 1. The van der Waals surface area contributed by atoms with Gasteiger partial charge in [-0.2, -0.15) is 13.2 Å². The van der Waals surface area contributed by atoms with Crippen LogP contribution in [0.1, 0.15) is 24.1 Å². The standard InChI is InChI=1S/C17H19F4N5/c1-25(16-23-5-4-15(24-16)17(19,20)21)14-3-2-6-26(11-14)10-12-7-13(18)9-22-8-12/h4-5,7-9,14H,2-3,6,10-11H2,1H3. The maximum atomic E-state index is 13.3. The highest BCUT2D eigenvalue weighted by Crippen LogP contribution is 2.28. The van der Waals surface area contributed by atoms with Gasteiger partial charge in [-0.1, -0.05) is 0 Å². The molecule has 1 aliphatic rings. The maximum Gasteiger partial charge on any atom is 0.433 e. The third kappa shape index (κ3) is 4.46. The molecule has 2 aromatic rings. The number of likely N-dealkylation sites (N-methyl/N-ethyl adjacent to an activating group) is 1. The number of likely N-dealkylation sites (tertiary alicyclic amines) is 1. The minimum absolute atomic E-state index is 0.0197. The Balaban J connectivity index is 1.69. The van der Waals surface area contributed by atoms with Gasteiger partial charge in [-0.15, -0.1) is 0 Å². The summed E-state index contributed by atoms with van der Waals surface area (Å²) in [5.41, 5.74) is -0.184. The van der Waals surface area contributed by atoms with Crippen LogP contribution in [0.5, 0.6) is 0 Å². The van der Waals surface area contributed by atoms with Crippen LogP contribution < -0.4 is 4.90 Å². The molecule has 0 radical (unpaired) electrons. The van der Waals surface area contributed by atoms with E-state index in [2.05, 4.69) is 19.9 Å². The van der Waals surface area contributed by atoms with Crippen LogP contribution in [-0.2, 0) is 12.7 Å². The van der Waals surface area contributed by atoms with Crippen molar-refractivity contribution in [1.29, 1.82) is 0 Å². The third-order valence-corrected chi connectivity index (χ3v) is 4.44. The first kappa shape index (κ1) is 18.5. The molecule has 3 heterocycles. The number of hydrogen-bond acceptors (Lipinski definition) is 5. The van der Waals surface area contributed by atoms with E-state index in [1.165, 1.54) is 6.07 Å². The molecule has 1 unspecified atom stereocenters. The topological polar surface area (TPSA) is 45.2 Å². The Bertz CT molecular complexity index is 752. The van der Waals surface area contributed by atoms with Crippen LogP contribution in [0.15, 0.2) is 30.7 Å². The number of anilines is 1. The first-order valence-corrected chi connectivity index (χ1v) is 8.28. The van der Waals surface area contributed by atoms with E-state index in [0.717, 1.165) is 43.4 Å². The molecule has 26 heavy (non-hydrogen) atoms. The van der Waals surface area contributed by atoms with Gasteiger partial charge >= 0.3 is 6.18 Å². The fourth-order valence-corrected chi connectivity index (χ4v) is 3.13. The number of hydrogen-bond donors (Lipinski definition) is 0. The van der Waals surface area contributed by atoms with Crippen molar-refractivity contribution in [2.24, 2.45) is 0 Å². The zero-order valence-electron chi connectivity index (χ0n) is 14.2. The fraction of sp³-hybridized carbons (Fsp3) is 0.471. The maximum absolute atomic E-state index is 13.3. The average Bonchev–Trinajstić information content (AvgIpc) is 2.61. The highest BCUT2D eigenvalue weighted by molar-refractivity contribution is 5.31. The van der Waals surface area contributed by atoms with Crippen LogP contribution in [0.4, 0.5) is 23.5 Å². The molecule has 1 aliphatic heterocycles. The quantitative estimate of drug-likeness (QED) is 0.775. The number of rotatable bonds is 4. The number of alkyl halides is 3. The molecule has 2 aromatic heterocycles. The molecule has 9 heteroatoms. The Morgan fingerprint density at radius 2 is 2.12 bits per heavy atom. The van der Waals surface area contributed by atoms with Crippen molar-refractivity contribution >= 4 is 5.95 Å². The Hall–Kier alpha value is -2.29. The van der Waals surface area contributed by atoms with Crippen LogP contribution in [0.25, 0.3) is 0 Å². The van der Waals surface area contributed by atoms with E-state index < -0.39 is 11.9 Å². The van der Waals surface area contributed by atoms with Gasteiger partial charge < -0.3 is 4.90 Å². The number of piperidine rings is 1. The van der Waals surface area contributed by atoms with E-state index in [1.54, 1.807) is 18.1 Å². The molecular formula is C17H19F4N5. The molecule has 0 aromatic carbocycles. The molecule has 1 atom stereocenters. The molecule has 0 bridgehead atoms. The van der Waals surface area contributed by atoms with Crippen molar-refractivity contribution in [1.82, 2.24) is 19.9 Å². The number of aromatic nitrogens is 3. The number of nitrogens with zero attached hydrogens (tertiary/aromatic N) is 5. The smallest absolute Gasteiger partial charge is 0.340 e. The third-order valence-electron chi connectivity index (χ3n) is 4.44.